The summed E-state index contributed by atoms with van der Waals surface area (Å²) in [6.07, 6.45) is 1.09. The number of rotatable bonds is 5. The van der Waals surface area contributed by atoms with E-state index in [1.165, 1.54) is 0 Å². The molecule has 0 aliphatic heterocycles. The molecule has 0 heterocycles. The highest BCUT2D eigenvalue weighted by Gasteiger charge is 1.96. The predicted octanol–water partition coefficient (Wildman–Crippen LogP) is 1.01. The average molecular weight is 131 g/mol. The molecule has 0 bridgehead atoms. The van der Waals surface area contributed by atoms with Gasteiger partial charge in [0.1, 0.15) is 0 Å². The van der Waals surface area contributed by atoms with Gasteiger partial charge in [-0.25, -0.2) is 0 Å². The molecule has 56 valence electrons. The van der Waals surface area contributed by atoms with Gasteiger partial charge >= 0.3 is 0 Å². The van der Waals surface area contributed by atoms with E-state index in [-0.39, 0.29) is 0 Å². The van der Waals surface area contributed by atoms with Gasteiger partial charge in [0.2, 0.25) is 0 Å². The highest BCUT2D eigenvalue weighted by Crippen LogP contribution is 1.92. The van der Waals surface area contributed by atoms with Gasteiger partial charge in [0.05, 0.1) is 6.61 Å². The van der Waals surface area contributed by atoms with Crippen LogP contribution in [0.15, 0.2) is 0 Å². The Hall–Kier alpha value is -0.0800. The zero-order valence-electron chi connectivity index (χ0n) is 6.39. The number of ether oxygens (including phenoxy) is 1. The lowest BCUT2D eigenvalue weighted by Gasteiger charge is -2.07. The fraction of sp³-hybridized carbons (Fsp3) is 1.00. The number of hydrogen-bond acceptors (Lipinski definition) is 2. The third kappa shape index (κ3) is 5.80. The highest BCUT2D eigenvalue weighted by atomic mass is 16.5. The first-order chi connectivity index (χ1) is 4.31. The van der Waals surface area contributed by atoms with Crippen molar-refractivity contribution < 1.29 is 4.74 Å². The molecule has 0 aromatic carbocycles. The van der Waals surface area contributed by atoms with Crippen molar-refractivity contribution in [3.05, 3.63) is 0 Å². The first-order valence-electron chi connectivity index (χ1n) is 3.59. The van der Waals surface area contributed by atoms with Gasteiger partial charge in [0.25, 0.3) is 0 Å². The standard InChI is InChI=1S/C7H17NO/c1-3-4-9-6-7(2)5-8/h7H,3-6,8H2,1-2H3/t7-/m0/s1. The Morgan fingerprint density at radius 2 is 2.22 bits per heavy atom. The van der Waals surface area contributed by atoms with E-state index in [2.05, 4.69) is 13.8 Å². The van der Waals surface area contributed by atoms with Crippen molar-refractivity contribution in [2.24, 2.45) is 11.7 Å². The van der Waals surface area contributed by atoms with Gasteiger partial charge in [0, 0.05) is 6.61 Å². The molecule has 0 aliphatic carbocycles. The first-order valence-corrected chi connectivity index (χ1v) is 3.59. The Kier molecular flexibility index (Phi) is 5.99. The topological polar surface area (TPSA) is 35.2 Å². The maximum atomic E-state index is 5.37. The maximum absolute atomic E-state index is 5.37. The summed E-state index contributed by atoms with van der Waals surface area (Å²) in [5, 5.41) is 0. The van der Waals surface area contributed by atoms with E-state index < -0.39 is 0 Å². The predicted molar refractivity (Wildman–Crippen MR) is 39.3 cm³/mol. The Labute approximate surface area is 57.4 Å². The van der Waals surface area contributed by atoms with Crippen LogP contribution in [0.5, 0.6) is 0 Å². The van der Waals surface area contributed by atoms with Crippen molar-refractivity contribution in [3.63, 3.8) is 0 Å². The zero-order valence-corrected chi connectivity index (χ0v) is 6.39. The summed E-state index contributed by atoms with van der Waals surface area (Å²) in [7, 11) is 0. The molecular formula is C7H17NO. The van der Waals surface area contributed by atoms with Crippen LogP contribution in [-0.2, 0) is 4.74 Å². The van der Waals surface area contributed by atoms with Crippen LogP contribution in [0.4, 0.5) is 0 Å². The molecule has 0 unspecified atom stereocenters. The lowest BCUT2D eigenvalue weighted by molar-refractivity contribution is 0.108. The monoisotopic (exact) mass is 131 g/mol. The van der Waals surface area contributed by atoms with Crippen LogP contribution in [0.2, 0.25) is 0 Å². The molecule has 2 nitrogen and oxygen atoms in total. The summed E-state index contributed by atoms with van der Waals surface area (Å²) in [5.74, 6) is 0.511. The first kappa shape index (κ1) is 8.92. The zero-order chi connectivity index (χ0) is 7.11. The lowest BCUT2D eigenvalue weighted by Crippen LogP contribution is -2.16. The van der Waals surface area contributed by atoms with Crippen LogP contribution >= 0.6 is 0 Å². The Morgan fingerprint density at radius 1 is 1.56 bits per heavy atom. The van der Waals surface area contributed by atoms with Crippen molar-refractivity contribution >= 4 is 0 Å². The Morgan fingerprint density at radius 3 is 2.67 bits per heavy atom. The fourth-order valence-electron chi connectivity index (χ4n) is 0.497. The third-order valence-corrected chi connectivity index (χ3v) is 1.15. The van der Waals surface area contributed by atoms with E-state index in [0.29, 0.717) is 5.92 Å². The lowest BCUT2D eigenvalue weighted by atomic mass is 10.2. The summed E-state index contributed by atoms with van der Waals surface area (Å²) < 4.78 is 5.26. The summed E-state index contributed by atoms with van der Waals surface area (Å²) in [6.45, 7) is 6.60. The molecular weight excluding hydrogens is 114 g/mol. The van der Waals surface area contributed by atoms with Gasteiger partial charge < -0.3 is 10.5 Å². The van der Waals surface area contributed by atoms with Crippen molar-refractivity contribution in [2.45, 2.75) is 20.3 Å². The van der Waals surface area contributed by atoms with Gasteiger partial charge in [-0.15, -0.1) is 0 Å². The second kappa shape index (κ2) is 6.05. The molecule has 0 radical (unpaired) electrons. The molecule has 1 atom stereocenters. The average Bonchev–Trinajstić information content (AvgIpc) is 1.89. The van der Waals surface area contributed by atoms with Crippen LogP contribution in [0.25, 0.3) is 0 Å². The normalized spacial score (nSPS) is 13.7. The minimum Gasteiger partial charge on any atom is -0.381 e. The molecule has 0 rings (SSSR count). The highest BCUT2D eigenvalue weighted by molar-refractivity contribution is 4.48. The van der Waals surface area contributed by atoms with Gasteiger partial charge in [-0.05, 0) is 18.9 Å². The van der Waals surface area contributed by atoms with E-state index >= 15 is 0 Å². The second-order valence-electron chi connectivity index (χ2n) is 2.42. The van der Waals surface area contributed by atoms with Gasteiger partial charge in [0.15, 0.2) is 0 Å². The number of hydrogen-bond donors (Lipinski definition) is 1. The molecule has 0 amide bonds. The molecule has 0 aromatic heterocycles. The minimum atomic E-state index is 0.511. The van der Waals surface area contributed by atoms with Crippen molar-refractivity contribution in [1.29, 1.82) is 0 Å². The van der Waals surface area contributed by atoms with Crippen LogP contribution in [0.1, 0.15) is 20.3 Å². The number of nitrogens with two attached hydrogens (primary N) is 1. The van der Waals surface area contributed by atoms with Gasteiger partial charge in [-0.3, -0.25) is 0 Å². The fourth-order valence-corrected chi connectivity index (χ4v) is 0.497. The van der Waals surface area contributed by atoms with Crippen molar-refractivity contribution in [1.82, 2.24) is 0 Å². The summed E-state index contributed by atoms with van der Waals surface area (Å²) in [4.78, 5) is 0. The molecule has 9 heavy (non-hydrogen) atoms. The molecule has 2 N–H and O–H groups in total. The Balaban J connectivity index is 2.88. The largest absolute Gasteiger partial charge is 0.381 e. The molecule has 0 saturated carbocycles. The van der Waals surface area contributed by atoms with E-state index in [0.717, 1.165) is 26.2 Å². The third-order valence-electron chi connectivity index (χ3n) is 1.15. The van der Waals surface area contributed by atoms with E-state index in [9.17, 15) is 0 Å². The molecule has 0 aromatic rings. The van der Waals surface area contributed by atoms with Crippen molar-refractivity contribution in [3.8, 4) is 0 Å². The summed E-state index contributed by atoms with van der Waals surface area (Å²) in [5.41, 5.74) is 5.37. The van der Waals surface area contributed by atoms with Crippen LogP contribution < -0.4 is 5.73 Å². The molecule has 2 heteroatoms. The molecule has 0 fully saturated rings. The molecule has 0 aliphatic rings. The van der Waals surface area contributed by atoms with E-state index in [1.54, 1.807) is 0 Å². The van der Waals surface area contributed by atoms with Crippen LogP contribution in [-0.4, -0.2) is 19.8 Å². The van der Waals surface area contributed by atoms with Gasteiger partial charge in [-0.2, -0.15) is 0 Å². The summed E-state index contributed by atoms with van der Waals surface area (Å²) in [6, 6.07) is 0. The SMILES string of the molecule is CCCOC[C@@H](C)CN. The maximum Gasteiger partial charge on any atom is 0.0503 e. The second-order valence-corrected chi connectivity index (χ2v) is 2.42. The van der Waals surface area contributed by atoms with E-state index in [1.807, 2.05) is 0 Å². The van der Waals surface area contributed by atoms with Crippen LogP contribution in [0.3, 0.4) is 0 Å². The minimum absolute atomic E-state index is 0.511. The quantitative estimate of drug-likeness (QED) is 0.565. The van der Waals surface area contributed by atoms with Gasteiger partial charge in [-0.1, -0.05) is 13.8 Å². The summed E-state index contributed by atoms with van der Waals surface area (Å²) >= 11 is 0. The van der Waals surface area contributed by atoms with Crippen molar-refractivity contribution in [2.75, 3.05) is 19.8 Å². The van der Waals surface area contributed by atoms with E-state index in [4.69, 9.17) is 10.5 Å². The smallest absolute Gasteiger partial charge is 0.0503 e. The molecule has 0 spiro atoms. The molecule has 0 saturated heterocycles. The van der Waals surface area contributed by atoms with Crippen LogP contribution in [0, 0.1) is 5.92 Å². The Bertz CT molecular complexity index is 56.9.